The van der Waals surface area contributed by atoms with Crippen molar-refractivity contribution in [1.82, 2.24) is 10.2 Å². The Labute approximate surface area is 187 Å². The zero-order valence-electron chi connectivity index (χ0n) is 18.4. The Morgan fingerprint density at radius 2 is 1.69 bits per heavy atom. The summed E-state index contributed by atoms with van der Waals surface area (Å²) in [7, 11) is 1.59. The zero-order chi connectivity index (χ0) is 22.5. The molecule has 0 aromatic heterocycles. The van der Waals surface area contributed by atoms with Crippen molar-refractivity contribution < 1.29 is 19.1 Å². The van der Waals surface area contributed by atoms with Crippen LogP contribution in [-0.4, -0.2) is 62.6 Å². The molecule has 32 heavy (non-hydrogen) atoms. The number of aliphatic imine (C=N–C) groups is 1. The van der Waals surface area contributed by atoms with Crippen LogP contribution < -0.4 is 15.0 Å². The first-order valence-electron chi connectivity index (χ1n) is 10.8. The molecular weight excluding hydrogens is 408 g/mol. The maximum absolute atomic E-state index is 13.0. The Kier molecular flexibility index (Phi) is 6.58. The molecule has 1 amide bonds. The van der Waals surface area contributed by atoms with Gasteiger partial charge in [-0.1, -0.05) is 30.3 Å². The van der Waals surface area contributed by atoms with Crippen LogP contribution >= 0.6 is 0 Å². The van der Waals surface area contributed by atoms with Crippen molar-refractivity contribution in [3.63, 3.8) is 0 Å². The first kappa shape index (κ1) is 21.7. The number of methoxy groups -OCH3 is 1. The number of piperazine rings is 1. The van der Waals surface area contributed by atoms with Gasteiger partial charge in [-0.25, -0.2) is 4.99 Å². The summed E-state index contributed by atoms with van der Waals surface area (Å²) in [5.41, 5.74) is 1.94. The number of benzene rings is 2. The number of nitrogens with one attached hydrogen (secondary N) is 1. The van der Waals surface area contributed by atoms with Gasteiger partial charge in [-0.3, -0.25) is 14.9 Å². The van der Waals surface area contributed by atoms with Crippen molar-refractivity contribution in [2.45, 2.75) is 13.0 Å². The lowest BCUT2D eigenvalue weighted by Gasteiger charge is -2.39. The second-order valence-corrected chi connectivity index (χ2v) is 7.70. The van der Waals surface area contributed by atoms with Crippen LogP contribution in [0.5, 0.6) is 5.75 Å². The van der Waals surface area contributed by atoms with Crippen molar-refractivity contribution in [1.29, 1.82) is 0 Å². The lowest BCUT2D eigenvalue weighted by Crippen LogP contribution is -2.57. The molecule has 2 aromatic rings. The zero-order valence-corrected chi connectivity index (χ0v) is 18.4. The highest BCUT2D eigenvalue weighted by atomic mass is 16.5. The van der Waals surface area contributed by atoms with Gasteiger partial charge in [0.1, 0.15) is 11.8 Å². The van der Waals surface area contributed by atoms with Gasteiger partial charge in [-0.2, -0.15) is 0 Å². The normalized spacial score (nSPS) is 20.9. The van der Waals surface area contributed by atoms with Gasteiger partial charge in [-0.15, -0.1) is 0 Å². The Morgan fingerprint density at radius 1 is 1.03 bits per heavy atom. The van der Waals surface area contributed by atoms with Gasteiger partial charge in [-0.05, 0) is 36.8 Å². The number of carbonyl (C=O) groups excluding carboxylic acids is 2. The number of hydrogen-bond donors (Lipinski definition) is 1. The van der Waals surface area contributed by atoms with Gasteiger partial charge in [0.2, 0.25) is 11.9 Å². The molecule has 2 aliphatic heterocycles. The lowest BCUT2D eigenvalue weighted by atomic mass is 9.91. The van der Waals surface area contributed by atoms with E-state index >= 15 is 0 Å². The van der Waals surface area contributed by atoms with E-state index in [0.717, 1.165) is 18.7 Å². The molecule has 168 valence electrons. The second-order valence-electron chi connectivity index (χ2n) is 7.70. The maximum atomic E-state index is 13.0. The summed E-state index contributed by atoms with van der Waals surface area (Å²) in [5.74, 6) is -0.785. The van der Waals surface area contributed by atoms with Crippen LogP contribution in [-0.2, 0) is 14.3 Å². The van der Waals surface area contributed by atoms with Crippen LogP contribution in [0.3, 0.4) is 0 Å². The average Bonchev–Trinajstić information content (AvgIpc) is 2.84. The topological polar surface area (TPSA) is 83.5 Å². The van der Waals surface area contributed by atoms with Crippen molar-refractivity contribution >= 4 is 23.5 Å². The molecule has 8 heteroatoms. The number of nitrogens with zero attached hydrogens (tertiary/aromatic N) is 3. The summed E-state index contributed by atoms with van der Waals surface area (Å²) in [6.07, 6.45) is 0. The molecule has 2 aromatic carbocycles. The molecule has 2 atom stereocenters. The first-order chi connectivity index (χ1) is 15.6. The average molecular weight is 437 g/mol. The number of rotatable bonds is 5. The lowest BCUT2D eigenvalue weighted by molar-refractivity contribution is -0.153. The molecule has 0 bridgehead atoms. The monoisotopic (exact) mass is 436 g/mol. The molecule has 8 nitrogen and oxygen atoms in total. The fraction of sp³-hybridized carbons (Fsp3) is 0.375. The van der Waals surface area contributed by atoms with Gasteiger partial charge in [0.25, 0.3) is 0 Å². The predicted molar refractivity (Wildman–Crippen MR) is 122 cm³/mol. The molecule has 0 spiro atoms. The SMILES string of the molecule is CCOC(=O)[C@@H]1C(=O)NC(N2CCN(c3ccccc3)CC2)=N[C@@H]1c1ccc(OC)cc1. The van der Waals surface area contributed by atoms with E-state index in [9.17, 15) is 9.59 Å². The van der Waals surface area contributed by atoms with Gasteiger partial charge in [0.15, 0.2) is 5.92 Å². The third-order valence-corrected chi connectivity index (χ3v) is 5.79. The Hall–Kier alpha value is -3.55. The Bertz CT molecular complexity index is 969. The largest absolute Gasteiger partial charge is 0.497 e. The minimum Gasteiger partial charge on any atom is -0.497 e. The fourth-order valence-corrected chi connectivity index (χ4v) is 4.08. The molecule has 0 aliphatic carbocycles. The second kappa shape index (κ2) is 9.72. The smallest absolute Gasteiger partial charge is 0.321 e. The molecule has 2 heterocycles. The highest BCUT2D eigenvalue weighted by Crippen LogP contribution is 2.32. The van der Waals surface area contributed by atoms with Gasteiger partial charge in [0.05, 0.1) is 13.7 Å². The van der Waals surface area contributed by atoms with E-state index < -0.39 is 17.9 Å². The number of carbonyl (C=O) groups is 2. The summed E-state index contributed by atoms with van der Waals surface area (Å²) in [6, 6.07) is 16.9. The van der Waals surface area contributed by atoms with Crippen LogP contribution in [0.15, 0.2) is 59.6 Å². The van der Waals surface area contributed by atoms with Crippen LogP contribution in [0.1, 0.15) is 18.5 Å². The number of para-hydroxylation sites is 1. The summed E-state index contributed by atoms with van der Waals surface area (Å²) in [6.45, 7) is 4.99. The van der Waals surface area contributed by atoms with Gasteiger partial charge < -0.3 is 19.3 Å². The van der Waals surface area contributed by atoms with Crippen molar-refractivity contribution in [3.05, 3.63) is 60.2 Å². The van der Waals surface area contributed by atoms with E-state index in [-0.39, 0.29) is 12.5 Å². The quantitative estimate of drug-likeness (QED) is 0.572. The third-order valence-electron chi connectivity index (χ3n) is 5.79. The standard InChI is InChI=1S/C24H28N4O4/c1-3-32-23(30)20-21(17-9-11-19(31-2)12-10-17)25-24(26-22(20)29)28-15-13-27(14-16-28)18-7-5-4-6-8-18/h4-12,20-21H,3,13-16H2,1-2H3,(H,25,26,29)/t20-,21+/m0/s1. The molecule has 0 radical (unpaired) electrons. The van der Waals surface area contributed by atoms with Crippen LogP contribution in [0.25, 0.3) is 0 Å². The molecule has 1 N–H and O–H groups in total. The number of amides is 1. The predicted octanol–water partition coefficient (Wildman–Crippen LogP) is 2.22. The van der Waals surface area contributed by atoms with Gasteiger partial charge >= 0.3 is 5.97 Å². The summed E-state index contributed by atoms with van der Waals surface area (Å²) >= 11 is 0. The van der Waals surface area contributed by atoms with Crippen molar-refractivity contribution in [2.75, 3.05) is 44.8 Å². The maximum Gasteiger partial charge on any atom is 0.321 e. The Morgan fingerprint density at radius 3 is 2.31 bits per heavy atom. The number of guanidine groups is 1. The number of esters is 1. The van der Waals surface area contributed by atoms with Crippen LogP contribution in [0, 0.1) is 5.92 Å². The highest BCUT2D eigenvalue weighted by Gasteiger charge is 2.42. The van der Waals surface area contributed by atoms with Crippen LogP contribution in [0.2, 0.25) is 0 Å². The van der Waals surface area contributed by atoms with Gasteiger partial charge in [0, 0.05) is 31.9 Å². The molecule has 0 saturated carbocycles. The van der Waals surface area contributed by atoms with E-state index in [1.807, 2.05) is 30.3 Å². The summed E-state index contributed by atoms with van der Waals surface area (Å²) < 4.78 is 10.4. The minimum absolute atomic E-state index is 0.204. The van der Waals surface area contributed by atoms with E-state index in [2.05, 4.69) is 27.2 Å². The molecule has 1 saturated heterocycles. The highest BCUT2D eigenvalue weighted by molar-refractivity contribution is 6.08. The summed E-state index contributed by atoms with van der Waals surface area (Å²) in [4.78, 5) is 34.8. The third kappa shape index (κ3) is 4.54. The van der Waals surface area contributed by atoms with E-state index in [1.54, 1.807) is 26.2 Å². The van der Waals surface area contributed by atoms with Crippen molar-refractivity contribution in [2.24, 2.45) is 10.9 Å². The number of anilines is 1. The molecule has 0 unspecified atom stereocenters. The molecule has 2 aliphatic rings. The Balaban J connectivity index is 1.56. The van der Waals surface area contributed by atoms with Crippen LogP contribution in [0.4, 0.5) is 5.69 Å². The van der Waals surface area contributed by atoms with Crippen molar-refractivity contribution in [3.8, 4) is 5.75 Å². The fourth-order valence-electron chi connectivity index (χ4n) is 4.08. The number of hydrogen-bond acceptors (Lipinski definition) is 7. The molecule has 4 rings (SSSR count). The first-order valence-corrected chi connectivity index (χ1v) is 10.8. The number of ether oxygens (including phenoxy) is 2. The summed E-state index contributed by atoms with van der Waals surface area (Å²) in [5, 5.41) is 2.85. The minimum atomic E-state index is -1.03. The van der Waals surface area contributed by atoms with E-state index in [1.165, 1.54) is 5.69 Å². The molecular formula is C24H28N4O4. The van der Waals surface area contributed by atoms with E-state index in [0.29, 0.717) is 24.8 Å². The molecule has 1 fully saturated rings. The van der Waals surface area contributed by atoms with E-state index in [4.69, 9.17) is 14.5 Å².